The summed E-state index contributed by atoms with van der Waals surface area (Å²) in [6.45, 7) is 9.49. The fourth-order valence-corrected chi connectivity index (χ4v) is 4.84. The molecule has 0 aromatic heterocycles. The number of carbonyl (C=O) groups is 2. The molecule has 2 aliphatic rings. The van der Waals surface area contributed by atoms with E-state index in [0.29, 0.717) is 17.0 Å². The van der Waals surface area contributed by atoms with Crippen molar-refractivity contribution in [2.45, 2.75) is 51.2 Å². The molecule has 2 aliphatic heterocycles. The molecule has 3 rings (SSSR count). The number of aryl methyl sites for hydroxylation is 1. The number of benzene rings is 1. The number of anilines is 1. The van der Waals surface area contributed by atoms with Crippen molar-refractivity contribution in [1.82, 2.24) is 9.21 Å². The highest BCUT2D eigenvalue weighted by molar-refractivity contribution is 7.89. The first kappa shape index (κ1) is 21.4. The van der Waals surface area contributed by atoms with Crippen LogP contribution in [0.4, 0.5) is 10.5 Å². The van der Waals surface area contributed by atoms with Crippen LogP contribution in [-0.2, 0) is 19.6 Å². The van der Waals surface area contributed by atoms with E-state index in [1.165, 1.54) is 15.3 Å². The number of piperazine rings is 1. The lowest BCUT2D eigenvalue weighted by molar-refractivity contribution is -0.122. The summed E-state index contributed by atoms with van der Waals surface area (Å²) >= 11 is 0. The quantitative estimate of drug-likeness (QED) is 0.777. The molecule has 2 heterocycles. The summed E-state index contributed by atoms with van der Waals surface area (Å²) in [4.78, 5) is 25.6. The van der Waals surface area contributed by atoms with Crippen LogP contribution < -0.4 is 10.1 Å². The van der Waals surface area contributed by atoms with Gasteiger partial charge in [0.25, 0.3) is 5.91 Å². The molecule has 1 aromatic carbocycles. The second-order valence-electron chi connectivity index (χ2n) is 8.23. The highest BCUT2D eigenvalue weighted by Gasteiger charge is 2.34. The van der Waals surface area contributed by atoms with Crippen LogP contribution in [0.5, 0.6) is 5.75 Å². The van der Waals surface area contributed by atoms with Crippen molar-refractivity contribution in [3.8, 4) is 5.75 Å². The van der Waals surface area contributed by atoms with E-state index in [2.05, 4.69) is 5.32 Å². The van der Waals surface area contributed by atoms with Crippen LogP contribution in [-0.4, -0.2) is 67.5 Å². The Balaban J connectivity index is 1.76. The maximum Gasteiger partial charge on any atom is 0.410 e. The number of fused-ring (bicyclic) bond motifs is 1. The molecule has 1 fully saturated rings. The predicted molar refractivity (Wildman–Crippen MR) is 106 cm³/mol. The molecular weight excluding hydrogens is 398 g/mol. The molecule has 1 saturated heterocycles. The van der Waals surface area contributed by atoms with Gasteiger partial charge in [0.2, 0.25) is 10.0 Å². The van der Waals surface area contributed by atoms with Gasteiger partial charge in [0.15, 0.2) is 6.10 Å². The first-order chi connectivity index (χ1) is 13.4. The maximum atomic E-state index is 13.2. The number of hydrogen-bond acceptors (Lipinski definition) is 6. The van der Waals surface area contributed by atoms with Crippen LogP contribution in [0.15, 0.2) is 17.0 Å². The molecule has 160 valence electrons. The van der Waals surface area contributed by atoms with Gasteiger partial charge in [-0.05, 0) is 46.2 Å². The van der Waals surface area contributed by atoms with Crippen LogP contribution in [0.2, 0.25) is 0 Å². The van der Waals surface area contributed by atoms with Crippen molar-refractivity contribution in [3.05, 3.63) is 17.7 Å². The number of carbonyl (C=O) groups excluding carboxylic acids is 2. The zero-order valence-corrected chi connectivity index (χ0v) is 18.1. The minimum Gasteiger partial charge on any atom is -0.479 e. The first-order valence-electron chi connectivity index (χ1n) is 9.49. The topological polar surface area (TPSA) is 105 Å². The fraction of sp³-hybridized carbons (Fsp3) is 0.579. The SMILES string of the molecule is Cc1cc2c(cc1S(=O)(=O)N1CCN(C(=O)OC(C)(C)C)CC1)O[C@H](C)C(=O)N2. The lowest BCUT2D eigenvalue weighted by atomic mass is 10.1. The van der Waals surface area contributed by atoms with Crippen LogP contribution >= 0.6 is 0 Å². The molecule has 0 bridgehead atoms. The third-order valence-electron chi connectivity index (χ3n) is 4.72. The molecular formula is C19H27N3O6S. The van der Waals surface area contributed by atoms with E-state index in [1.54, 1.807) is 40.7 Å². The van der Waals surface area contributed by atoms with Gasteiger partial charge in [-0.15, -0.1) is 0 Å². The summed E-state index contributed by atoms with van der Waals surface area (Å²) in [5.74, 6) is 0.0550. The van der Waals surface area contributed by atoms with E-state index in [1.807, 2.05) is 0 Å². The number of hydrogen-bond donors (Lipinski definition) is 1. The number of sulfonamides is 1. The van der Waals surface area contributed by atoms with Crippen molar-refractivity contribution < 1.29 is 27.5 Å². The predicted octanol–water partition coefficient (Wildman–Crippen LogP) is 1.96. The van der Waals surface area contributed by atoms with E-state index in [4.69, 9.17) is 9.47 Å². The molecule has 10 heteroatoms. The van der Waals surface area contributed by atoms with Crippen molar-refractivity contribution in [3.63, 3.8) is 0 Å². The summed E-state index contributed by atoms with van der Waals surface area (Å²) < 4.78 is 38.6. The third-order valence-corrected chi connectivity index (χ3v) is 6.76. The Bertz CT molecular complexity index is 930. The Kier molecular flexibility index (Phi) is 5.52. The molecule has 9 nitrogen and oxygen atoms in total. The van der Waals surface area contributed by atoms with Gasteiger partial charge in [-0.1, -0.05) is 0 Å². The van der Waals surface area contributed by atoms with E-state index < -0.39 is 27.8 Å². The van der Waals surface area contributed by atoms with Gasteiger partial charge in [-0.25, -0.2) is 13.2 Å². The zero-order chi connectivity index (χ0) is 21.6. The second-order valence-corrected chi connectivity index (χ2v) is 10.1. The third kappa shape index (κ3) is 4.48. The molecule has 2 amide bonds. The molecule has 0 radical (unpaired) electrons. The van der Waals surface area contributed by atoms with E-state index >= 15 is 0 Å². The lowest BCUT2D eigenvalue weighted by Gasteiger charge is -2.35. The van der Waals surface area contributed by atoms with E-state index in [-0.39, 0.29) is 37.0 Å². The number of nitrogens with one attached hydrogen (secondary N) is 1. The van der Waals surface area contributed by atoms with Crippen LogP contribution in [0.25, 0.3) is 0 Å². The van der Waals surface area contributed by atoms with Gasteiger partial charge in [-0.3, -0.25) is 4.79 Å². The Morgan fingerprint density at radius 1 is 1.21 bits per heavy atom. The van der Waals surface area contributed by atoms with Crippen molar-refractivity contribution >= 4 is 27.7 Å². The minimum absolute atomic E-state index is 0.130. The largest absolute Gasteiger partial charge is 0.479 e. The molecule has 1 aromatic rings. The van der Waals surface area contributed by atoms with Gasteiger partial charge >= 0.3 is 6.09 Å². The molecule has 0 aliphatic carbocycles. The van der Waals surface area contributed by atoms with Crippen LogP contribution in [0.3, 0.4) is 0 Å². The van der Waals surface area contributed by atoms with Gasteiger partial charge in [0, 0.05) is 32.2 Å². The summed E-state index contributed by atoms with van der Waals surface area (Å²) in [5, 5.41) is 2.72. The average Bonchev–Trinajstić information content (AvgIpc) is 2.61. The lowest BCUT2D eigenvalue weighted by Crippen LogP contribution is -2.51. The maximum absolute atomic E-state index is 13.2. The summed E-state index contributed by atoms with van der Waals surface area (Å²) in [7, 11) is -3.78. The number of ether oxygens (including phenoxy) is 2. The standard InChI is InChI=1S/C19H27N3O6S/c1-12-10-14-15(27-13(2)17(23)20-14)11-16(12)29(25,26)22-8-6-21(7-9-22)18(24)28-19(3,4)5/h10-11,13H,6-9H2,1-5H3,(H,20,23)/t13-/m1/s1. The van der Waals surface area contributed by atoms with Crippen molar-refractivity contribution in [1.29, 1.82) is 0 Å². The Morgan fingerprint density at radius 2 is 1.83 bits per heavy atom. The van der Waals surface area contributed by atoms with Crippen LogP contribution in [0.1, 0.15) is 33.3 Å². The first-order valence-corrected chi connectivity index (χ1v) is 10.9. The molecule has 29 heavy (non-hydrogen) atoms. The van der Waals surface area contributed by atoms with Gasteiger partial charge in [-0.2, -0.15) is 4.31 Å². The molecule has 1 N–H and O–H groups in total. The Morgan fingerprint density at radius 3 is 2.41 bits per heavy atom. The minimum atomic E-state index is -3.78. The number of rotatable bonds is 2. The normalized spacial score (nSPS) is 20.5. The molecule has 0 saturated carbocycles. The number of nitrogens with zero attached hydrogens (tertiary/aromatic N) is 2. The fourth-order valence-electron chi connectivity index (χ4n) is 3.20. The van der Waals surface area contributed by atoms with Gasteiger partial charge in [0.1, 0.15) is 11.4 Å². The molecule has 0 unspecified atom stereocenters. The zero-order valence-electron chi connectivity index (χ0n) is 17.3. The summed E-state index contributed by atoms with van der Waals surface area (Å²) in [6, 6.07) is 3.05. The monoisotopic (exact) mass is 425 g/mol. The molecule has 1 atom stereocenters. The van der Waals surface area contributed by atoms with Crippen molar-refractivity contribution in [2.24, 2.45) is 0 Å². The Hall–Kier alpha value is -2.33. The summed E-state index contributed by atoms with van der Waals surface area (Å²) in [6.07, 6.45) is -1.14. The van der Waals surface area contributed by atoms with E-state index in [9.17, 15) is 18.0 Å². The average molecular weight is 426 g/mol. The highest BCUT2D eigenvalue weighted by Crippen LogP contribution is 2.35. The highest BCUT2D eigenvalue weighted by atomic mass is 32.2. The Labute approximate surface area is 171 Å². The van der Waals surface area contributed by atoms with Gasteiger partial charge < -0.3 is 19.7 Å². The van der Waals surface area contributed by atoms with Crippen LogP contribution in [0, 0.1) is 6.92 Å². The second kappa shape index (κ2) is 7.49. The van der Waals surface area contributed by atoms with Crippen molar-refractivity contribution in [2.75, 3.05) is 31.5 Å². The summed E-state index contributed by atoms with van der Waals surface area (Å²) in [5.41, 5.74) is 0.365. The number of amides is 2. The van der Waals surface area contributed by atoms with Gasteiger partial charge in [0.05, 0.1) is 10.6 Å². The molecule has 0 spiro atoms. The van der Waals surface area contributed by atoms with E-state index in [0.717, 1.165) is 0 Å². The smallest absolute Gasteiger partial charge is 0.410 e.